The molecule has 0 saturated heterocycles. The quantitative estimate of drug-likeness (QED) is 0.785. The molecule has 5 heteroatoms. The van der Waals surface area contributed by atoms with Gasteiger partial charge in [-0.1, -0.05) is 18.2 Å². The molecule has 0 aliphatic heterocycles. The van der Waals surface area contributed by atoms with Crippen LogP contribution in [0.3, 0.4) is 0 Å². The summed E-state index contributed by atoms with van der Waals surface area (Å²) >= 11 is 0. The third kappa shape index (κ3) is 5.56. The van der Waals surface area contributed by atoms with Crippen molar-refractivity contribution in [1.82, 2.24) is 0 Å². The van der Waals surface area contributed by atoms with Gasteiger partial charge in [0.2, 0.25) is 0 Å². The number of anilines is 1. The van der Waals surface area contributed by atoms with Gasteiger partial charge in [-0.25, -0.2) is 0 Å². The standard InChI is InChI=1S/C12H18N2O2.ClH/c1-2-16-12(15)10-14(9-8-13)11-6-4-3-5-7-11;/h3-7H,2,8-10,13H2,1H3;1H. The van der Waals surface area contributed by atoms with Crippen molar-refractivity contribution in [1.29, 1.82) is 0 Å². The van der Waals surface area contributed by atoms with Crippen LogP contribution in [-0.4, -0.2) is 32.2 Å². The minimum Gasteiger partial charge on any atom is -0.465 e. The summed E-state index contributed by atoms with van der Waals surface area (Å²) in [6.07, 6.45) is 0. The number of carbonyl (C=O) groups excluding carboxylic acids is 1. The van der Waals surface area contributed by atoms with E-state index < -0.39 is 0 Å². The molecule has 0 aromatic heterocycles. The van der Waals surface area contributed by atoms with Gasteiger partial charge < -0.3 is 15.4 Å². The van der Waals surface area contributed by atoms with E-state index in [-0.39, 0.29) is 24.9 Å². The molecule has 2 N–H and O–H groups in total. The largest absolute Gasteiger partial charge is 0.465 e. The Hall–Kier alpha value is -1.26. The summed E-state index contributed by atoms with van der Waals surface area (Å²) in [6, 6.07) is 9.71. The van der Waals surface area contributed by atoms with Gasteiger partial charge in [0.1, 0.15) is 6.54 Å². The summed E-state index contributed by atoms with van der Waals surface area (Å²) in [6.45, 7) is 3.60. The maximum absolute atomic E-state index is 11.4. The average Bonchev–Trinajstić information content (AvgIpc) is 2.30. The smallest absolute Gasteiger partial charge is 0.325 e. The van der Waals surface area contributed by atoms with Crippen molar-refractivity contribution in [3.8, 4) is 0 Å². The van der Waals surface area contributed by atoms with E-state index >= 15 is 0 Å². The predicted molar refractivity (Wildman–Crippen MR) is 71.6 cm³/mol. The van der Waals surface area contributed by atoms with Gasteiger partial charge in [-0.3, -0.25) is 4.79 Å². The molecule has 0 spiro atoms. The van der Waals surface area contributed by atoms with Crippen LogP contribution in [0.4, 0.5) is 5.69 Å². The lowest BCUT2D eigenvalue weighted by Crippen LogP contribution is -2.35. The van der Waals surface area contributed by atoms with E-state index in [1.165, 1.54) is 0 Å². The number of para-hydroxylation sites is 1. The second-order valence-electron chi connectivity index (χ2n) is 3.35. The molecule has 0 radical (unpaired) electrons. The number of hydrogen-bond donors (Lipinski definition) is 1. The van der Waals surface area contributed by atoms with Crippen molar-refractivity contribution in [3.05, 3.63) is 30.3 Å². The van der Waals surface area contributed by atoms with Crippen LogP contribution in [0.5, 0.6) is 0 Å². The van der Waals surface area contributed by atoms with E-state index in [0.29, 0.717) is 19.7 Å². The Morgan fingerprint density at radius 2 is 2.00 bits per heavy atom. The van der Waals surface area contributed by atoms with Crippen LogP contribution in [-0.2, 0) is 9.53 Å². The first-order valence-electron chi connectivity index (χ1n) is 5.43. The van der Waals surface area contributed by atoms with Crippen molar-refractivity contribution in [2.24, 2.45) is 5.73 Å². The van der Waals surface area contributed by atoms with Gasteiger partial charge in [0, 0.05) is 18.8 Å². The summed E-state index contributed by atoms with van der Waals surface area (Å²) < 4.78 is 4.92. The molecule has 1 rings (SSSR count). The molecule has 96 valence electrons. The number of benzene rings is 1. The maximum atomic E-state index is 11.4. The second-order valence-corrected chi connectivity index (χ2v) is 3.35. The zero-order chi connectivity index (χ0) is 11.8. The highest BCUT2D eigenvalue weighted by Crippen LogP contribution is 2.12. The van der Waals surface area contributed by atoms with Crippen LogP contribution < -0.4 is 10.6 Å². The van der Waals surface area contributed by atoms with Crippen LogP contribution in [0, 0.1) is 0 Å². The third-order valence-corrected chi connectivity index (χ3v) is 2.15. The fraction of sp³-hybridized carbons (Fsp3) is 0.417. The summed E-state index contributed by atoms with van der Waals surface area (Å²) in [4.78, 5) is 13.3. The zero-order valence-electron chi connectivity index (χ0n) is 9.96. The maximum Gasteiger partial charge on any atom is 0.325 e. The van der Waals surface area contributed by atoms with Crippen molar-refractivity contribution < 1.29 is 9.53 Å². The number of nitrogens with two attached hydrogens (primary N) is 1. The third-order valence-electron chi connectivity index (χ3n) is 2.15. The molecular formula is C12H19ClN2O2. The summed E-state index contributed by atoms with van der Waals surface area (Å²) in [7, 11) is 0. The molecule has 0 atom stereocenters. The number of ether oxygens (including phenoxy) is 1. The molecule has 0 bridgehead atoms. The van der Waals surface area contributed by atoms with Crippen molar-refractivity contribution in [2.75, 3.05) is 31.1 Å². The van der Waals surface area contributed by atoms with E-state index in [1.54, 1.807) is 6.92 Å². The highest BCUT2D eigenvalue weighted by Gasteiger charge is 2.10. The van der Waals surface area contributed by atoms with Gasteiger partial charge in [-0.15, -0.1) is 12.4 Å². The minimum atomic E-state index is -0.222. The van der Waals surface area contributed by atoms with Crippen molar-refractivity contribution in [2.45, 2.75) is 6.92 Å². The molecule has 0 saturated carbocycles. The lowest BCUT2D eigenvalue weighted by atomic mass is 10.3. The molecule has 0 aliphatic carbocycles. The fourth-order valence-electron chi connectivity index (χ4n) is 1.46. The van der Waals surface area contributed by atoms with E-state index in [2.05, 4.69) is 0 Å². The molecule has 1 aromatic rings. The van der Waals surface area contributed by atoms with Gasteiger partial charge in [-0.05, 0) is 19.1 Å². The minimum absolute atomic E-state index is 0. The molecule has 0 amide bonds. The first-order chi connectivity index (χ1) is 7.77. The van der Waals surface area contributed by atoms with Gasteiger partial charge in [0.05, 0.1) is 6.61 Å². The predicted octanol–water partition coefficient (Wildman–Crippen LogP) is 1.44. The Balaban J connectivity index is 0.00000256. The van der Waals surface area contributed by atoms with Crippen LogP contribution in [0.1, 0.15) is 6.92 Å². The molecule has 0 fully saturated rings. The highest BCUT2D eigenvalue weighted by atomic mass is 35.5. The second kappa shape index (κ2) is 8.84. The van der Waals surface area contributed by atoms with Crippen LogP contribution in [0.15, 0.2) is 30.3 Å². The molecule has 0 unspecified atom stereocenters. The van der Waals surface area contributed by atoms with E-state index in [0.717, 1.165) is 5.69 Å². The number of carbonyl (C=O) groups is 1. The van der Waals surface area contributed by atoms with Gasteiger partial charge in [0.25, 0.3) is 0 Å². The molecule has 4 nitrogen and oxygen atoms in total. The molecule has 17 heavy (non-hydrogen) atoms. The number of rotatable bonds is 6. The van der Waals surface area contributed by atoms with Crippen molar-refractivity contribution >= 4 is 24.1 Å². The Bertz CT molecular complexity index is 320. The summed E-state index contributed by atoms with van der Waals surface area (Å²) in [5, 5.41) is 0. The molecule has 1 aromatic carbocycles. The van der Waals surface area contributed by atoms with Crippen LogP contribution in [0.25, 0.3) is 0 Å². The number of hydrogen-bond acceptors (Lipinski definition) is 4. The Labute approximate surface area is 108 Å². The van der Waals surface area contributed by atoms with Gasteiger partial charge >= 0.3 is 5.97 Å². The Morgan fingerprint density at radius 1 is 1.35 bits per heavy atom. The number of esters is 1. The Morgan fingerprint density at radius 3 is 2.53 bits per heavy atom. The molecule has 0 aliphatic rings. The SMILES string of the molecule is CCOC(=O)CN(CCN)c1ccccc1.Cl. The average molecular weight is 259 g/mol. The molecular weight excluding hydrogens is 240 g/mol. The first-order valence-corrected chi connectivity index (χ1v) is 5.43. The van der Waals surface area contributed by atoms with Gasteiger partial charge in [-0.2, -0.15) is 0 Å². The highest BCUT2D eigenvalue weighted by molar-refractivity contribution is 5.85. The normalized spacial score (nSPS) is 9.29. The number of halogens is 1. The van der Waals surface area contributed by atoms with Crippen LogP contribution in [0.2, 0.25) is 0 Å². The fourth-order valence-corrected chi connectivity index (χ4v) is 1.46. The lowest BCUT2D eigenvalue weighted by molar-refractivity contribution is -0.141. The van der Waals surface area contributed by atoms with Gasteiger partial charge in [0.15, 0.2) is 0 Å². The topological polar surface area (TPSA) is 55.6 Å². The summed E-state index contributed by atoms with van der Waals surface area (Å²) in [5.41, 5.74) is 6.51. The molecule has 0 heterocycles. The lowest BCUT2D eigenvalue weighted by Gasteiger charge is -2.22. The monoisotopic (exact) mass is 258 g/mol. The Kier molecular flexibility index (Phi) is 8.19. The number of nitrogens with zero attached hydrogens (tertiary/aromatic N) is 1. The van der Waals surface area contributed by atoms with E-state index in [4.69, 9.17) is 10.5 Å². The van der Waals surface area contributed by atoms with Crippen LogP contribution >= 0.6 is 12.4 Å². The first kappa shape index (κ1) is 15.7. The van der Waals surface area contributed by atoms with E-state index in [9.17, 15) is 4.79 Å². The van der Waals surface area contributed by atoms with E-state index in [1.807, 2.05) is 35.2 Å². The van der Waals surface area contributed by atoms with Crippen molar-refractivity contribution in [3.63, 3.8) is 0 Å². The summed E-state index contributed by atoms with van der Waals surface area (Å²) in [5.74, 6) is -0.222. The zero-order valence-corrected chi connectivity index (χ0v) is 10.8.